The summed E-state index contributed by atoms with van der Waals surface area (Å²) in [7, 11) is 3.46. The number of amides is 1. The molecule has 0 saturated heterocycles. The van der Waals surface area contributed by atoms with Crippen molar-refractivity contribution < 1.29 is 14.3 Å². The highest BCUT2D eigenvalue weighted by Crippen LogP contribution is 2.48. The van der Waals surface area contributed by atoms with Crippen LogP contribution in [-0.2, 0) is 15.0 Å². The Hall–Kier alpha value is -3.15. The van der Waals surface area contributed by atoms with Crippen molar-refractivity contribution in [2.45, 2.75) is 31.2 Å². The van der Waals surface area contributed by atoms with E-state index in [2.05, 4.69) is 0 Å². The van der Waals surface area contributed by atoms with E-state index in [9.17, 15) is 9.59 Å². The lowest BCUT2D eigenvalue weighted by Gasteiger charge is -2.41. The first-order chi connectivity index (χ1) is 14.0. The molecule has 6 nitrogen and oxygen atoms in total. The van der Waals surface area contributed by atoms with Crippen LogP contribution in [0.3, 0.4) is 0 Å². The highest BCUT2D eigenvalue weighted by molar-refractivity contribution is 6.43. The van der Waals surface area contributed by atoms with Gasteiger partial charge in [0.1, 0.15) is 36.1 Å². The van der Waals surface area contributed by atoms with Gasteiger partial charge in [-0.15, -0.1) is 0 Å². The van der Waals surface area contributed by atoms with E-state index < -0.39 is 5.41 Å². The molecule has 29 heavy (non-hydrogen) atoms. The van der Waals surface area contributed by atoms with Gasteiger partial charge in [-0.05, 0) is 36.6 Å². The summed E-state index contributed by atoms with van der Waals surface area (Å²) in [4.78, 5) is 26.2. The molecular weight excluding hydrogens is 366 g/mol. The molecule has 0 fully saturated rings. The van der Waals surface area contributed by atoms with Crippen LogP contribution >= 0.6 is 0 Å². The Bertz CT molecular complexity index is 971. The standard InChI is InChI=1S/C23H25N3O3/c1-16-10-11-19-18(14-16)26-20(15-29-19)23(12-7-13-27,17-8-5-4-6-9-17)21(24-26)22(28)25(2)3/h4-6,8-11,13-14,20H,7,12,15H2,1-3H3/t20?,23-/m1/s1. The number of aryl methyl sites for hydroxylation is 1. The maximum absolute atomic E-state index is 13.3. The van der Waals surface area contributed by atoms with Gasteiger partial charge in [-0.3, -0.25) is 9.80 Å². The van der Waals surface area contributed by atoms with E-state index in [0.717, 1.165) is 28.8 Å². The highest BCUT2D eigenvalue weighted by atomic mass is 16.5. The number of benzene rings is 2. The first-order valence-corrected chi connectivity index (χ1v) is 9.81. The summed E-state index contributed by atoms with van der Waals surface area (Å²) in [5.41, 5.74) is 2.65. The van der Waals surface area contributed by atoms with Crippen molar-refractivity contribution in [1.29, 1.82) is 0 Å². The summed E-state index contributed by atoms with van der Waals surface area (Å²) in [5, 5.41) is 6.79. The van der Waals surface area contributed by atoms with Gasteiger partial charge in [-0.25, -0.2) is 0 Å². The van der Waals surface area contributed by atoms with Gasteiger partial charge in [0, 0.05) is 20.5 Å². The Morgan fingerprint density at radius 3 is 2.72 bits per heavy atom. The van der Waals surface area contributed by atoms with Gasteiger partial charge in [0.2, 0.25) is 0 Å². The molecule has 150 valence electrons. The third-order valence-corrected chi connectivity index (χ3v) is 5.81. The quantitative estimate of drug-likeness (QED) is 0.736. The second kappa shape index (κ2) is 7.35. The van der Waals surface area contributed by atoms with Gasteiger partial charge in [-0.2, -0.15) is 5.10 Å². The minimum Gasteiger partial charge on any atom is -0.489 e. The fourth-order valence-corrected chi connectivity index (χ4v) is 4.39. The molecule has 2 aromatic carbocycles. The maximum Gasteiger partial charge on any atom is 0.270 e. The monoisotopic (exact) mass is 391 g/mol. The van der Waals surface area contributed by atoms with E-state index in [1.807, 2.05) is 60.5 Å². The zero-order chi connectivity index (χ0) is 20.6. The predicted molar refractivity (Wildman–Crippen MR) is 112 cm³/mol. The van der Waals surface area contributed by atoms with Crippen LogP contribution in [0.4, 0.5) is 5.69 Å². The molecule has 4 rings (SSSR count). The van der Waals surface area contributed by atoms with Crippen molar-refractivity contribution in [3.8, 4) is 5.75 Å². The van der Waals surface area contributed by atoms with Crippen LogP contribution in [0, 0.1) is 6.92 Å². The second-order valence-electron chi connectivity index (χ2n) is 7.83. The smallest absolute Gasteiger partial charge is 0.270 e. The number of nitrogens with zero attached hydrogens (tertiary/aromatic N) is 3. The van der Waals surface area contributed by atoms with Crippen molar-refractivity contribution >= 4 is 23.6 Å². The number of hydrogen-bond donors (Lipinski definition) is 0. The van der Waals surface area contributed by atoms with Crippen LogP contribution in [-0.4, -0.2) is 49.5 Å². The predicted octanol–water partition coefficient (Wildman–Crippen LogP) is 2.94. The average molecular weight is 391 g/mol. The highest BCUT2D eigenvalue weighted by Gasteiger charge is 2.56. The largest absolute Gasteiger partial charge is 0.489 e. The SMILES string of the molecule is Cc1ccc2c(c1)N1N=C(C(=O)N(C)C)[C@](CCC=O)(c3ccccc3)C1CO2. The molecule has 2 aromatic rings. The summed E-state index contributed by atoms with van der Waals surface area (Å²) >= 11 is 0. The molecular formula is C23H25N3O3. The number of carbonyl (C=O) groups excluding carboxylic acids is 2. The van der Waals surface area contributed by atoms with Crippen molar-refractivity contribution in [3.05, 3.63) is 59.7 Å². The first kappa shape index (κ1) is 19.2. The molecule has 0 aromatic heterocycles. The number of hydrazone groups is 1. The lowest BCUT2D eigenvalue weighted by Crippen LogP contribution is -2.55. The molecule has 6 heteroatoms. The molecule has 2 atom stereocenters. The molecule has 0 aliphatic carbocycles. The molecule has 2 aliphatic rings. The van der Waals surface area contributed by atoms with Gasteiger partial charge in [0.25, 0.3) is 5.91 Å². The molecule has 0 spiro atoms. The fourth-order valence-electron chi connectivity index (χ4n) is 4.39. The zero-order valence-corrected chi connectivity index (χ0v) is 17.0. The lowest BCUT2D eigenvalue weighted by atomic mass is 9.67. The number of rotatable bonds is 5. The van der Waals surface area contributed by atoms with Crippen molar-refractivity contribution in [2.75, 3.05) is 25.7 Å². The Morgan fingerprint density at radius 2 is 2.03 bits per heavy atom. The van der Waals surface area contributed by atoms with Gasteiger partial charge in [-0.1, -0.05) is 36.4 Å². The number of hydrogen-bond acceptors (Lipinski definition) is 5. The van der Waals surface area contributed by atoms with Crippen LogP contribution < -0.4 is 9.75 Å². The van der Waals surface area contributed by atoms with E-state index in [1.165, 1.54) is 0 Å². The number of ether oxygens (including phenoxy) is 1. The Kier molecular flexibility index (Phi) is 4.86. The summed E-state index contributed by atoms with van der Waals surface area (Å²) < 4.78 is 6.11. The van der Waals surface area contributed by atoms with Crippen LogP contribution in [0.2, 0.25) is 0 Å². The molecule has 0 saturated carbocycles. The third-order valence-electron chi connectivity index (χ3n) is 5.81. The van der Waals surface area contributed by atoms with E-state index in [4.69, 9.17) is 9.84 Å². The van der Waals surface area contributed by atoms with Crippen LogP contribution in [0.25, 0.3) is 0 Å². The van der Waals surface area contributed by atoms with E-state index >= 15 is 0 Å². The normalized spacial score (nSPS) is 22.2. The topological polar surface area (TPSA) is 62.2 Å². The Labute approximate surface area is 170 Å². The van der Waals surface area contributed by atoms with Crippen molar-refractivity contribution in [2.24, 2.45) is 5.10 Å². The van der Waals surface area contributed by atoms with Gasteiger partial charge < -0.3 is 14.4 Å². The molecule has 1 unspecified atom stereocenters. The molecule has 2 heterocycles. The molecule has 0 radical (unpaired) electrons. The molecule has 0 bridgehead atoms. The average Bonchev–Trinajstić information content (AvgIpc) is 3.07. The number of aldehydes is 1. The number of anilines is 1. The lowest BCUT2D eigenvalue weighted by molar-refractivity contribution is -0.122. The van der Waals surface area contributed by atoms with Crippen LogP contribution in [0.1, 0.15) is 24.0 Å². The fraction of sp³-hybridized carbons (Fsp3) is 0.348. The first-order valence-electron chi connectivity index (χ1n) is 9.81. The van der Waals surface area contributed by atoms with Crippen molar-refractivity contribution in [1.82, 2.24) is 4.90 Å². The second-order valence-corrected chi connectivity index (χ2v) is 7.83. The third kappa shape index (κ3) is 2.99. The number of carbonyl (C=O) groups is 2. The summed E-state index contributed by atoms with van der Waals surface area (Å²) in [6, 6.07) is 15.7. The minimum absolute atomic E-state index is 0.150. The number of fused-ring (bicyclic) bond motifs is 3. The Balaban J connectivity index is 1.94. The van der Waals surface area contributed by atoms with E-state index in [1.54, 1.807) is 19.0 Å². The molecule has 0 N–H and O–H groups in total. The van der Waals surface area contributed by atoms with Crippen molar-refractivity contribution in [3.63, 3.8) is 0 Å². The maximum atomic E-state index is 13.3. The minimum atomic E-state index is -0.731. The summed E-state index contributed by atoms with van der Waals surface area (Å²) in [5.74, 6) is 0.606. The Morgan fingerprint density at radius 1 is 1.28 bits per heavy atom. The summed E-state index contributed by atoms with van der Waals surface area (Å²) in [6.45, 7) is 2.41. The zero-order valence-electron chi connectivity index (χ0n) is 17.0. The van der Waals surface area contributed by atoms with Crippen LogP contribution in [0.15, 0.2) is 53.6 Å². The van der Waals surface area contributed by atoms with Gasteiger partial charge >= 0.3 is 0 Å². The van der Waals surface area contributed by atoms with E-state index in [-0.39, 0.29) is 11.9 Å². The van der Waals surface area contributed by atoms with E-state index in [0.29, 0.717) is 25.2 Å². The van der Waals surface area contributed by atoms with Gasteiger partial charge in [0.15, 0.2) is 0 Å². The summed E-state index contributed by atoms with van der Waals surface area (Å²) in [6.07, 6.45) is 1.73. The molecule has 1 amide bonds. The van der Waals surface area contributed by atoms with Crippen LogP contribution in [0.5, 0.6) is 5.75 Å². The van der Waals surface area contributed by atoms with Gasteiger partial charge in [0.05, 0.1) is 5.41 Å². The molecule has 2 aliphatic heterocycles.